The first kappa shape index (κ1) is 89.6. The van der Waals surface area contributed by atoms with E-state index in [1.165, 1.54) is 36.2 Å². The number of ether oxygens (including phenoxy) is 2. The summed E-state index contributed by atoms with van der Waals surface area (Å²) in [7, 11) is 0. The number of imidazole rings is 4. The molecule has 0 radical (unpaired) electrons. The average Bonchev–Trinajstić information content (AvgIpc) is 1.65. The molecule has 12 aromatic heterocycles. The number of anilines is 5. The molecule has 6 N–H and O–H groups in total. The normalized spacial score (nSPS) is 13.3. The first-order valence-electron chi connectivity index (χ1n) is 42.2. The molecule has 3 aliphatic rings. The Labute approximate surface area is 773 Å². The second-order valence-corrected chi connectivity index (χ2v) is 31.2. The predicted octanol–water partition coefficient (Wildman–Crippen LogP) is 9.09. The number of carboxylic acids is 1. The van der Waals surface area contributed by atoms with E-state index in [9.17, 15) is 34.5 Å². The van der Waals surface area contributed by atoms with Gasteiger partial charge < -0.3 is 78.0 Å². The van der Waals surface area contributed by atoms with Crippen LogP contribution in [0.5, 0.6) is 17.2 Å². The van der Waals surface area contributed by atoms with Crippen molar-refractivity contribution < 1.29 is 49.1 Å². The van der Waals surface area contributed by atoms with Gasteiger partial charge in [0.15, 0.2) is 61.7 Å². The van der Waals surface area contributed by atoms with E-state index in [1.807, 2.05) is 133 Å². The zero-order valence-corrected chi connectivity index (χ0v) is 74.2. The fourth-order valence-electron chi connectivity index (χ4n) is 15.0. The fraction of sp³-hybridized carbons (Fsp3) is 0.241. The van der Waals surface area contributed by atoms with E-state index in [0.717, 1.165) is 102 Å². The van der Waals surface area contributed by atoms with Gasteiger partial charge in [0.05, 0.1) is 61.6 Å². The number of rotatable bonds is 18. The number of aliphatic carboxylic acids is 1. The number of carbonyl (C=O) groups is 4. The number of para-hydroxylation sites is 5. The average molecular weight is 1870 g/mol. The second-order valence-electron chi connectivity index (χ2n) is 30.2. The van der Waals surface area contributed by atoms with Crippen LogP contribution >= 0.6 is 34.8 Å². The number of Topliss-reactive ketones (excluding diaryl/α,β-unsaturated/α-hetero) is 1. The Morgan fingerprint density at radius 3 is 1.09 bits per heavy atom. The van der Waals surface area contributed by atoms with Crippen LogP contribution in [0.25, 0.3) is 106 Å². The molecule has 3 fully saturated rings. The van der Waals surface area contributed by atoms with Gasteiger partial charge in [-0.05, 0) is 165 Å². The van der Waals surface area contributed by atoms with Crippen LogP contribution in [-0.2, 0) is 54.8 Å². The van der Waals surface area contributed by atoms with E-state index >= 15 is 0 Å². The number of fused-ring (bicyclic) bond motifs is 8. The lowest BCUT2D eigenvalue weighted by Gasteiger charge is -2.36. The van der Waals surface area contributed by atoms with Crippen LogP contribution < -0.4 is 29.8 Å². The van der Waals surface area contributed by atoms with E-state index in [4.69, 9.17) is 69.3 Å². The number of nitrogens with zero attached hydrogens (tertiary/aromatic N) is 32. The molecule has 19 aromatic rings. The number of nitrogens with one attached hydrogen (secondary N) is 2. The third-order valence-electron chi connectivity index (χ3n) is 21.4. The van der Waals surface area contributed by atoms with Crippen molar-refractivity contribution in [2.45, 2.75) is 47.0 Å². The summed E-state index contributed by atoms with van der Waals surface area (Å²) in [6.07, 6.45) is 6.02. The number of piperazine rings is 3. The monoisotopic (exact) mass is 1870 g/mol. The van der Waals surface area contributed by atoms with Crippen molar-refractivity contribution in [1.29, 1.82) is 0 Å². The van der Waals surface area contributed by atoms with Gasteiger partial charge in [-0.2, -0.15) is 64.3 Å². The van der Waals surface area contributed by atoms with Crippen molar-refractivity contribution >= 4 is 176 Å². The summed E-state index contributed by atoms with van der Waals surface area (Å²) in [5.41, 5.74) is 13.3. The van der Waals surface area contributed by atoms with Crippen molar-refractivity contribution in [1.82, 2.24) is 144 Å². The van der Waals surface area contributed by atoms with Crippen molar-refractivity contribution in [3.8, 4) is 34.7 Å². The minimum absolute atomic E-state index is 0.000146. The number of halogens is 3. The molecule has 3 aliphatic heterocycles. The summed E-state index contributed by atoms with van der Waals surface area (Å²) in [5.74, 6) is 1.42. The number of carboxylic acid groups (broad SMARTS) is 1. The zero-order chi connectivity index (χ0) is 92.9. The molecule has 0 spiro atoms. The van der Waals surface area contributed by atoms with E-state index in [0.29, 0.717) is 125 Å². The second kappa shape index (κ2) is 40.8. The molecule has 0 bridgehead atoms. The molecule has 15 heterocycles. The maximum atomic E-state index is 12.2. The Hall–Kier alpha value is -16.4. The molecule has 0 unspecified atom stereocenters. The molecule has 7 aromatic carbocycles. The molecule has 22 rings (SSSR count). The summed E-state index contributed by atoms with van der Waals surface area (Å²) in [5, 5.41) is 76.9. The number of phenols is 3. The van der Waals surface area contributed by atoms with Gasteiger partial charge in [0.2, 0.25) is 22.5 Å². The number of esters is 2. The van der Waals surface area contributed by atoms with Crippen LogP contribution in [0.15, 0.2) is 195 Å². The number of hydrogen-bond donors (Lipinski definition) is 6. The molecule has 47 heteroatoms. The standard InChI is InChI=1S/C25H25N9O3.C23H21N9O3.C15H12ClN7O2.C10H14N2O.C8H6Cl2N4O.C6H5N3/c1-2-37-21(36)15-33-16-26-22-23(33)27-25(28-24(22)34-20-6-4-3-5-19(20)29-30-34)32-13-11-31(12-14-32)17-7-9-18(35)10-8-17;33-16-7-5-15(6-8-16)29-9-11-30(12-10-29)23-25-21-20(24-14-31(21)13-19(34)35)22(26-23)32-18-4-2-1-3-17(18)27-28-32;1-2-25-11(24)7-22-8-17-12-13(22)18-15(16)19-14(12)23-10-6-4-3-5-9(10)20-21-23;13-10-3-1-9(2-4-10)12-7-5-11-6-8-12;1-4(15)2-14-3-11-5-6(9)12-8(10)13-7(5)14;1-2-4-6-5(3-1)7-9-8-6/h3-10,16,35H,2,11-15H2,1H3;1-8,14,33H,9-13H2,(H,34,35);3-6,8H,2,7H2,1H3;1-4,11,13H,5-8H2;3H,2H2,1H3;1-4H,(H,7,8,9). The number of carbonyl (C=O) groups excluding carboxylic acids is 3. The molecule has 0 aliphatic carbocycles. The third-order valence-corrected chi connectivity index (χ3v) is 22.0. The van der Waals surface area contributed by atoms with Crippen molar-refractivity contribution in [3.05, 3.63) is 211 Å². The zero-order valence-electron chi connectivity index (χ0n) is 71.9. The summed E-state index contributed by atoms with van der Waals surface area (Å²) in [6, 6.07) is 52.1. The summed E-state index contributed by atoms with van der Waals surface area (Å²) < 4.78 is 21.2. The maximum Gasteiger partial charge on any atom is 0.326 e. The lowest BCUT2D eigenvalue weighted by Crippen LogP contribution is -2.47. The number of ketones is 1. The van der Waals surface area contributed by atoms with Crippen LogP contribution in [-0.4, -0.2) is 274 Å². The Balaban J connectivity index is 0.000000119. The molecule has 682 valence electrons. The number of aromatic nitrogens is 28. The van der Waals surface area contributed by atoms with Crippen molar-refractivity contribution in [2.75, 3.05) is 116 Å². The predicted molar refractivity (Wildman–Crippen MR) is 497 cm³/mol. The van der Waals surface area contributed by atoms with Gasteiger partial charge in [0, 0.05) is 95.6 Å². The van der Waals surface area contributed by atoms with Gasteiger partial charge in [-0.1, -0.05) is 75.8 Å². The van der Waals surface area contributed by atoms with E-state index in [2.05, 4.69) is 116 Å². The van der Waals surface area contributed by atoms with E-state index in [-0.39, 0.29) is 71.1 Å². The van der Waals surface area contributed by atoms with Gasteiger partial charge in [0.1, 0.15) is 75.8 Å². The maximum absolute atomic E-state index is 12.2. The number of H-pyrrole nitrogens is 1. The molecule has 44 nitrogen and oxygen atoms in total. The largest absolute Gasteiger partial charge is 0.508 e. The Morgan fingerprint density at radius 1 is 0.373 bits per heavy atom. The SMILES string of the molecule is CC(=O)Cn1cnc2c(Cl)nc(Cl)nc21.CCOC(=O)Cn1cnc2c(-n3nnc4ccccc43)nc(Cl)nc21.CCOC(=O)Cn1cnc2c(-n3nnc4ccccc43)nc(N3CCN(c4ccc(O)cc4)CC3)nc21.O=C(O)Cn1cnc2c(-n3nnc4ccccc43)nc(N3CCN(c4ccc(O)cc4)CC3)nc21.Oc1ccc(N2CCNCC2)cc1.c1ccc2n[nH]nc2c1. The number of phenolic OH excluding ortho intramolecular Hbond substituents is 3. The number of hydrogen-bond acceptors (Lipinski definition) is 35. The van der Waals surface area contributed by atoms with E-state index < -0.39 is 5.97 Å². The van der Waals surface area contributed by atoms with Crippen LogP contribution in [0.2, 0.25) is 15.7 Å². The number of benzene rings is 7. The molecule has 0 atom stereocenters. The Bertz CT molecular complexity index is 7360. The number of aromatic hydroxyl groups is 3. The third kappa shape index (κ3) is 20.4. The number of aromatic amines is 1. The smallest absolute Gasteiger partial charge is 0.326 e. The van der Waals surface area contributed by atoms with Crippen LogP contribution in [0.1, 0.15) is 20.8 Å². The molecule has 134 heavy (non-hydrogen) atoms. The quantitative estimate of drug-likeness (QED) is 0.0265. The minimum Gasteiger partial charge on any atom is -0.508 e. The highest BCUT2D eigenvalue weighted by Gasteiger charge is 2.29. The van der Waals surface area contributed by atoms with Gasteiger partial charge >= 0.3 is 17.9 Å². The van der Waals surface area contributed by atoms with Crippen molar-refractivity contribution in [3.63, 3.8) is 0 Å². The van der Waals surface area contributed by atoms with Crippen LogP contribution in [0.4, 0.5) is 29.0 Å². The molecular formula is C87H83Cl3N34O10. The van der Waals surface area contributed by atoms with Gasteiger partial charge in [-0.15, -0.1) is 15.3 Å². The van der Waals surface area contributed by atoms with Crippen LogP contribution in [0, 0.1) is 0 Å². The summed E-state index contributed by atoms with van der Waals surface area (Å²) in [6.45, 7) is 15.4. The lowest BCUT2D eigenvalue weighted by molar-refractivity contribution is -0.144. The summed E-state index contributed by atoms with van der Waals surface area (Å²) in [4.78, 5) is 110. The first-order valence-corrected chi connectivity index (χ1v) is 43.3. The molecule has 3 saturated heterocycles. The lowest BCUT2D eigenvalue weighted by atomic mass is 10.2. The topological polar surface area (TPSA) is 504 Å². The van der Waals surface area contributed by atoms with Gasteiger partial charge in [0.25, 0.3) is 0 Å². The Kier molecular flexibility index (Phi) is 27.3. The molecule has 0 saturated carbocycles. The fourth-order valence-corrected chi connectivity index (χ4v) is 15.6. The highest BCUT2D eigenvalue weighted by atomic mass is 35.5. The highest BCUT2D eigenvalue weighted by molar-refractivity contribution is 6.35. The van der Waals surface area contributed by atoms with Crippen LogP contribution in [0.3, 0.4) is 0 Å². The Morgan fingerprint density at radius 2 is 0.701 bits per heavy atom. The van der Waals surface area contributed by atoms with E-state index in [1.54, 1.807) is 84.3 Å². The van der Waals surface area contributed by atoms with Gasteiger partial charge in [-0.3, -0.25) is 19.2 Å². The first-order chi connectivity index (χ1) is 65.2. The molecular weight excluding hydrogens is 1790 g/mol. The minimum atomic E-state index is -0.986. The molecule has 0 amide bonds. The summed E-state index contributed by atoms with van der Waals surface area (Å²) >= 11 is 17.6. The van der Waals surface area contributed by atoms with Gasteiger partial charge in [-0.25, -0.2) is 24.9 Å². The highest BCUT2D eigenvalue weighted by Crippen LogP contribution is 2.32. The van der Waals surface area contributed by atoms with Crippen molar-refractivity contribution in [2.24, 2.45) is 0 Å².